The van der Waals surface area contributed by atoms with E-state index < -0.39 is 21.8 Å². The molecule has 0 radical (unpaired) electrons. The lowest BCUT2D eigenvalue weighted by Crippen LogP contribution is -2.24. The number of aliphatic hydroxyl groups is 1. The summed E-state index contributed by atoms with van der Waals surface area (Å²) in [6, 6.07) is 17.6. The van der Waals surface area contributed by atoms with Gasteiger partial charge < -0.3 is 15.2 Å². The Labute approximate surface area is 202 Å². The standard InChI is InChI=1S/C23H22Cl2N2O5S/c1-2-32-20-13-16(26-23(29)17(14-28)15-7-4-3-5-8-15)11-12-21(20)33(30,31)27-19-10-6-9-18(24)22(19)25/h3-13,17,27-28H,2,14H2,1H3,(H,26,29)/t17-/m0/s1. The van der Waals surface area contributed by atoms with Gasteiger partial charge in [0.05, 0.1) is 34.9 Å². The number of ether oxygens (including phenoxy) is 1. The van der Waals surface area contributed by atoms with Crippen LogP contribution in [0.4, 0.5) is 11.4 Å². The second-order valence-corrected chi connectivity index (χ2v) is 9.37. The summed E-state index contributed by atoms with van der Waals surface area (Å²) in [7, 11) is -4.09. The Morgan fingerprint density at radius 1 is 1.06 bits per heavy atom. The number of amides is 1. The number of sulfonamides is 1. The molecule has 0 heterocycles. The van der Waals surface area contributed by atoms with E-state index in [0.717, 1.165) is 0 Å². The molecule has 1 atom stereocenters. The Bertz CT molecular complexity index is 1240. The molecular weight excluding hydrogens is 487 g/mol. The molecule has 0 bridgehead atoms. The minimum absolute atomic E-state index is 0.0428. The molecular formula is C23H22Cl2N2O5S. The fourth-order valence-electron chi connectivity index (χ4n) is 3.11. The molecule has 3 N–H and O–H groups in total. The predicted molar refractivity (Wildman–Crippen MR) is 130 cm³/mol. The van der Waals surface area contributed by atoms with Crippen LogP contribution in [0, 0.1) is 0 Å². The van der Waals surface area contributed by atoms with Crippen LogP contribution in [0.15, 0.2) is 71.6 Å². The molecule has 10 heteroatoms. The summed E-state index contributed by atoms with van der Waals surface area (Å²) in [5.74, 6) is -1.18. The van der Waals surface area contributed by atoms with Gasteiger partial charge in [0.25, 0.3) is 10.0 Å². The van der Waals surface area contributed by atoms with E-state index in [2.05, 4.69) is 10.0 Å². The molecule has 3 aromatic carbocycles. The molecule has 3 aromatic rings. The number of carbonyl (C=O) groups is 1. The predicted octanol–water partition coefficient (Wildman–Crippen LogP) is 4.91. The topological polar surface area (TPSA) is 105 Å². The zero-order valence-electron chi connectivity index (χ0n) is 17.6. The number of halogens is 2. The van der Waals surface area contributed by atoms with Crippen LogP contribution in [0.3, 0.4) is 0 Å². The number of hydrogen-bond acceptors (Lipinski definition) is 5. The van der Waals surface area contributed by atoms with Crippen LogP contribution in [-0.4, -0.2) is 32.6 Å². The molecule has 0 spiro atoms. The highest BCUT2D eigenvalue weighted by atomic mass is 35.5. The maximum atomic E-state index is 13.0. The van der Waals surface area contributed by atoms with E-state index in [1.807, 2.05) is 6.07 Å². The van der Waals surface area contributed by atoms with Crippen LogP contribution in [0.1, 0.15) is 18.4 Å². The number of carbonyl (C=O) groups excluding carboxylic acids is 1. The molecule has 7 nitrogen and oxygen atoms in total. The van der Waals surface area contributed by atoms with E-state index in [0.29, 0.717) is 11.3 Å². The lowest BCUT2D eigenvalue weighted by molar-refractivity contribution is -0.118. The molecule has 0 aliphatic rings. The van der Waals surface area contributed by atoms with Gasteiger partial charge in [-0.05, 0) is 36.8 Å². The first-order chi connectivity index (χ1) is 15.8. The van der Waals surface area contributed by atoms with Crippen molar-refractivity contribution in [2.24, 2.45) is 0 Å². The van der Waals surface area contributed by atoms with E-state index in [1.54, 1.807) is 43.3 Å². The summed E-state index contributed by atoms with van der Waals surface area (Å²) >= 11 is 12.1. The smallest absolute Gasteiger partial charge is 0.265 e. The van der Waals surface area contributed by atoms with Gasteiger partial charge in [0, 0.05) is 11.8 Å². The zero-order valence-corrected chi connectivity index (χ0v) is 19.9. The van der Waals surface area contributed by atoms with Crippen molar-refractivity contribution in [3.05, 3.63) is 82.3 Å². The lowest BCUT2D eigenvalue weighted by atomic mass is 9.99. The molecule has 33 heavy (non-hydrogen) atoms. The highest BCUT2D eigenvalue weighted by molar-refractivity contribution is 7.92. The van der Waals surface area contributed by atoms with E-state index in [4.69, 9.17) is 27.9 Å². The quantitative estimate of drug-likeness (QED) is 0.380. The maximum absolute atomic E-state index is 13.0. The minimum atomic E-state index is -4.09. The number of nitrogens with one attached hydrogen (secondary N) is 2. The van der Waals surface area contributed by atoms with E-state index in [9.17, 15) is 18.3 Å². The van der Waals surface area contributed by atoms with E-state index in [1.165, 1.54) is 24.3 Å². The number of anilines is 2. The van der Waals surface area contributed by atoms with Crippen molar-refractivity contribution in [3.8, 4) is 5.75 Å². The highest BCUT2D eigenvalue weighted by Gasteiger charge is 2.24. The minimum Gasteiger partial charge on any atom is -0.492 e. The number of aliphatic hydroxyl groups excluding tert-OH is 1. The fraction of sp³-hybridized carbons (Fsp3) is 0.174. The van der Waals surface area contributed by atoms with Gasteiger partial charge in [-0.15, -0.1) is 0 Å². The van der Waals surface area contributed by atoms with Gasteiger partial charge in [0.1, 0.15) is 10.6 Å². The van der Waals surface area contributed by atoms with E-state index >= 15 is 0 Å². The third kappa shape index (κ3) is 5.97. The zero-order chi connectivity index (χ0) is 24.0. The number of benzene rings is 3. The third-order valence-electron chi connectivity index (χ3n) is 4.70. The third-order valence-corrected chi connectivity index (χ3v) is 6.92. The summed E-state index contributed by atoms with van der Waals surface area (Å²) in [4.78, 5) is 12.6. The Morgan fingerprint density at radius 2 is 1.79 bits per heavy atom. The normalized spacial score (nSPS) is 12.1. The lowest BCUT2D eigenvalue weighted by Gasteiger charge is -2.17. The molecule has 1 amide bonds. The van der Waals surface area contributed by atoms with Crippen molar-refractivity contribution in [1.29, 1.82) is 0 Å². The molecule has 0 fully saturated rings. The average Bonchev–Trinajstić information content (AvgIpc) is 2.78. The van der Waals surface area contributed by atoms with Crippen molar-refractivity contribution < 1.29 is 23.1 Å². The van der Waals surface area contributed by atoms with Crippen LogP contribution in [0.25, 0.3) is 0 Å². The second kappa shape index (κ2) is 10.9. The van der Waals surface area contributed by atoms with Gasteiger partial charge in [0.15, 0.2) is 0 Å². The van der Waals surface area contributed by atoms with Crippen molar-refractivity contribution in [2.75, 3.05) is 23.3 Å². The number of rotatable bonds is 9. The molecule has 0 aliphatic heterocycles. The molecule has 0 aromatic heterocycles. The molecule has 0 aliphatic carbocycles. The molecule has 0 unspecified atom stereocenters. The van der Waals surface area contributed by atoms with Crippen molar-refractivity contribution in [1.82, 2.24) is 0 Å². The van der Waals surface area contributed by atoms with Crippen molar-refractivity contribution >= 4 is 50.5 Å². The van der Waals surface area contributed by atoms with Gasteiger partial charge in [-0.2, -0.15) is 0 Å². The van der Waals surface area contributed by atoms with Gasteiger partial charge >= 0.3 is 0 Å². The Balaban J connectivity index is 1.88. The summed E-state index contributed by atoms with van der Waals surface area (Å²) in [5, 5.41) is 12.7. The summed E-state index contributed by atoms with van der Waals surface area (Å²) in [6.07, 6.45) is 0. The first-order valence-corrected chi connectivity index (χ1v) is 12.2. The average molecular weight is 509 g/mol. The van der Waals surface area contributed by atoms with Crippen LogP contribution in [-0.2, 0) is 14.8 Å². The molecule has 0 saturated carbocycles. The highest BCUT2D eigenvalue weighted by Crippen LogP contribution is 2.34. The Hall–Kier alpha value is -2.78. The van der Waals surface area contributed by atoms with Crippen LogP contribution >= 0.6 is 23.2 Å². The SMILES string of the molecule is CCOc1cc(NC(=O)[C@@H](CO)c2ccccc2)ccc1S(=O)(=O)Nc1cccc(Cl)c1Cl. The largest absolute Gasteiger partial charge is 0.492 e. The van der Waals surface area contributed by atoms with Gasteiger partial charge in [0.2, 0.25) is 5.91 Å². The van der Waals surface area contributed by atoms with Crippen LogP contribution in [0.2, 0.25) is 10.0 Å². The Morgan fingerprint density at radius 3 is 2.45 bits per heavy atom. The fourth-order valence-corrected chi connectivity index (χ4v) is 4.72. The van der Waals surface area contributed by atoms with Gasteiger partial charge in [-0.25, -0.2) is 8.42 Å². The van der Waals surface area contributed by atoms with E-state index in [-0.39, 0.29) is 39.6 Å². The summed E-state index contributed by atoms with van der Waals surface area (Å²) in [5.41, 5.74) is 1.10. The Kier molecular flexibility index (Phi) is 8.20. The molecule has 0 saturated heterocycles. The first kappa shape index (κ1) is 24.9. The molecule has 174 valence electrons. The van der Waals surface area contributed by atoms with Crippen molar-refractivity contribution in [2.45, 2.75) is 17.7 Å². The van der Waals surface area contributed by atoms with Crippen molar-refractivity contribution in [3.63, 3.8) is 0 Å². The number of hydrogen-bond donors (Lipinski definition) is 3. The maximum Gasteiger partial charge on any atom is 0.265 e. The monoisotopic (exact) mass is 508 g/mol. The summed E-state index contributed by atoms with van der Waals surface area (Å²) < 4.78 is 34.0. The van der Waals surface area contributed by atoms with Crippen LogP contribution < -0.4 is 14.8 Å². The summed E-state index contributed by atoms with van der Waals surface area (Å²) in [6.45, 7) is 1.52. The van der Waals surface area contributed by atoms with Gasteiger partial charge in [-0.1, -0.05) is 59.6 Å². The van der Waals surface area contributed by atoms with Gasteiger partial charge in [-0.3, -0.25) is 9.52 Å². The second-order valence-electron chi connectivity index (χ2n) is 6.94. The molecule has 3 rings (SSSR count). The van der Waals surface area contributed by atoms with Crippen LogP contribution in [0.5, 0.6) is 5.75 Å². The first-order valence-electron chi connectivity index (χ1n) is 9.97.